The van der Waals surface area contributed by atoms with Crippen LogP contribution in [0.25, 0.3) is 0 Å². The smallest absolute Gasteiger partial charge is 0.358 e. The number of nitrogens with one attached hydrogen (secondary N) is 2. The summed E-state index contributed by atoms with van der Waals surface area (Å²) in [4.78, 5) is 11.1. The van der Waals surface area contributed by atoms with Crippen LogP contribution in [0.2, 0.25) is 0 Å². The third kappa shape index (κ3) is 1.95. The number of hydrogen-bond acceptors (Lipinski definition) is 2. The molecule has 1 aliphatic heterocycles. The van der Waals surface area contributed by atoms with Crippen molar-refractivity contribution in [3.63, 3.8) is 0 Å². The summed E-state index contributed by atoms with van der Waals surface area (Å²) >= 11 is 0. The number of rotatable bonds is 1. The summed E-state index contributed by atoms with van der Waals surface area (Å²) in [5.41, 5.74) is -2.22. The summed E-state index contributed by atoms with van der Waals surface area (Å²) in [5.74, 6) is -0.954. The van der Waals surface area contributed by atoms with Gasteiger partial charge in [0.1, 0.15) is 0 Å². The maximum absolute atomic E-state index is 12.6. The Bertz CT molecular complexity index is 213. The zero-order valence-corrected chi connectivity index (χ0v) is 8.39. The highest BCUT2D eigenvalue weighted by atomic mass is 35.5. The Hall–Kier alpha value is -0.490. The van der Waals surface area contributed by atoms with Crippen molar-refractivity contribution in [3.8, 4) is 0 Å². The molecule has 1 unspecified atom stereocenters. The van der Waals surface area contributed by atoms with Crippen LogP contribution in [-0.2, 0) is 4.79 Å². The van der Waals surface area contributed by atoms with Gasteiger partial charge in [-0.1, -0.05) is 0 Å². The van der Waals surface area contributed by atoms with Gasteiger partial charge in [-0.3, -0.25) is 4.79 Å². The Kier molecular flexibility index (Phi) is 4.20. The monoisotopic (exact) mass is 232 g/mol. The Morgan fingerprint density at radius 3 is 2.36 bits per heavy atom. The number of amides is 1. The Morgan fingerprint density at radius 2 is 2.07 bits per heavy atom. The van der Waals surface area contributed by atoms with Crippen molar-refractivity contribution in [2.45, 2.75) is 12.6 Å². The van der Waals surface area contributed by atoms with Crippen molar-refractivity contribution < 1.29 is 18.0 Å². The van der Waals surface area contributed by atoms with Crippen LogP contribution in [0, 0.1) is 5.41 Å². The van der Waals surface area contributed by atoms with E-state index in [-0.39, 0.29) is 31.9 Å². The fraction of sp³-hybridized carbons (Fsp3) is 0.857. The highest BCUT2D eigenvalue weighted by Crippen LogP contribution is 2.42. The molecular weight excluding hydrogens is 221 g/mol. The van der Waals surface area contributed by atoms with Gasteiger partial charge >= 0.3 is 6.18 Å². The van der Waals surface area contributed by atoms with Crippen molar-refractivity contribution in [1.29, 1.82) is 0 Å². The third-order valence-corrected chi connectivity index (χ3v) is 2.36. The number of carbonyl (C=O) groups is 1. The van der Waals surface area contributed by atoms with Crippen LogP contribution in [0.3, 0.4) is 0 Å². The van der Waals surface area contributed by atoms with E-state index in [0.717, 1.165) is 0 Å². The highest BCUT2D eigenvalue weighted by molar-refractivity contribution is 5.85. The number of hydrogen-bond donors (Lipinski definition) is 2. The van der Waals surface area contributed by atoms with Gasteiger partial charge in [-0.25, -0.2) is 0 Å². The lowest BCUT2D eigenvalue weighted by Gasteiger charge is -2.28. The van der Waals surface area contributed by atoms with Crippen LogP contribution in [-0.4, -0.2) is 32.2 Å². The average Bonchev–Trinajstić information content (AvgIpc) is 2.50. The van der Waals surface area contributed by atoms with E-state index >= 15 is 0 Å². The van der Waals surface area contributed by atoms with Gasteiger partial charge in [0, 0.05) is 13.6 Å². The van der Waals surface area contributed by atoms with E-state index in [1.807, 2.05) is 0 Å². The maximum Gasteiger partial charge on any atom is 0.404 e. The molecule has 0 aromatic heterocycles. The fourth-order valence-electron chi connectivity index (χ4n) is 1.50. The van der Waals surface area contributed by atoms with E-state index in [1.165, 1.54) is 7.05 Å². The molecule has 0 bridgehead atoms. The molecule has 1 heterocycles. The molecule has 14 heavy (non-hydrogen) atoms. The number of carbonyl (C=O) groups excluding carboxylic acids is 1. The molecule has 1 saturated heterocycles. The van der Waals surface area contributed by atoms with E-state index in [0.29, 0.717) is 0 Å². The van der Waals surface area contributed by atoms with Crippen molar-refractivity contribution in [3.05, 3.63) is 0 Å². The van der Waals surface area contributed by atoms with Crippen molar-refractivity contribution in [1.82, 2.24) is 10.6 Å². The first-order valence-electron chi connectivity index (χ1n) is 3.94. The van der Waals surface area contributed by atoms with Gasteiger partial charge in [-0.15, -0.1) is 12.4 Å². The molecule has 1 aliphatic rings. The van der Waals surface area contributed by atoms with Crippen LogP contribution < -0.4 is 10.6 Å². The van der Waals surface area contributed by atoms with Crippen LogP contribution >= 0.6 is 12.4 Å². The van der Waals surface area contributed by atoms with E-state index in [9.17, 15) is 18.0 Å². The van der Waals surface area contributed by atoms with Crippen molar-refractivity contribution in [2.75, 3.05) is 20.1 Å². The van der Waals surface area contributed by atoms with Gasteiger partial charge in [0.2, 0.25) is 5.91 Å². The minimum absolute atomic E-state index is 0. The summed E-state index contributed by atoms with van der Waals surface area (Å²) in [6.45, 7) is -0.0941. The Labute approximate surface area is 85.8 Å². The standard InChI is InChI=1S/C7H11F3N2O.ClH/c1-11-5(13)6(7(8,9)10)2-3-12-4-6;/h12H,2-4H2,1H3,(H,11,13);1H. The molecular formula is C7H12ClF3N2O. The molecule has 0 aromatic carbocycles. The second-order valence-corrected chi connectivity index (χ2v) is 3.09. The average molecular weight is 233 g/mol. The predicted molar refractivity (Wildman–Crippen MR) is 47.3 cm³/mol. The van der Waals surface area contributed by atoms with E-state index in [1.54, 1.807) is 0 Å². The van der Waals surface area contributed by atoms with E-state index in [4.69, 9.17) is 0 Å². The van der Waals surface area contributed by atoms with Crippen LogP contribution in [0.4, 0.5) is 13.2 Å². The lowest BCUT2D eigenvalue weighted by molar-refractivity contribution is -0.215. The molecule has 1 fully saturated rings. The van der Waals surface area contributed by atoms with Crippen LogP contribution in [0.5, 0.6) is 0 Å². The molecule has 0 aromatic rings. The summed E-state index contributed by atoms with van der Waals surface area (Å²) in [7, 11) is 1.22. The quantitative estimate of drug-likeness (QED) is 0.699. The first-order chi connectivity index (χ1) is 5.94. The van der Waals surface area contributed by atoms with Gasteiger partial charge in [0.15, 0.2) is 5.41 Å². The van der Waals surface area contributed by atoms with Crippen LogP contribution in [0.15, 0.2) is 0 Å². The van der Waals surface area contributed by atoms with Gasteiger partial charge in [0.25, 0.3) is 0 Å². The van der Waals surface area contributed by atoms with Gasteiger partial charge in [0.05, 0.1) is 0 Å². The molecule has 1 atom stereocenters. The molecule has 84 valence electrons. The molecule has 2 N–H and O–H groups in total. The van der Waals surface area contributed by atoms with E-state index in [2.05, 4.69) is 10.6 Å². The molecule has 0 saturated carbocycles. The molecule has 1 rings (SSSR count). The highest BCUT2D eigenvalue weighted by Gasteiger charge is 2.61. The number of halogens is 4. The minimum Gasteiger partial charge on any atom is -0.358 e. The van der Waals surface area contributed by atoms with Crippen molar-refractivity contribution in [2.24, 2.45) is 5.41 Å². The molecule has 0 spiro atoms. The van der Waals surface area contributed by atoms with Crippen LogP contribution in [0.1, 0.15) is 6.42 Å². The third-order valence-electron chi connectivity index (χ3n) is 2.36. The van der Waals surface area contributed by atoms with Crippen molar-refractivity contribution >= 4 is 18.3 Å². The van der Waals surface area contributed by atoms with Gasteiger partial charge in [-0.05, 0) is 13.0 Å². The summed E-state index contributed by atoms with van der Waals surface area (Å²) in [6, 6.07) is 0. The molecule has 0 aliphatic carbocycles. The fourth-order valence-corrected chi connectivity index (χ4v) is 1.50. The minimum atomic E-state index is -4.48. The molecule has 3 nitrogen and oxygen atoms in total. The number of alkyl halides is 3. The maximum atomic E-state index is 12.6. The predicted octanol–water partition coefficient (Wildman–Crippen LogP) is 0.696. The largest absolute Gasteiger partial charge is 0.404 e. The second kappa shape index (κ2) is 4.35. The lowest BCUT2D eigenvalue weighted by Crippen LogP contribution is -2.51. The summed E-state index contributed by atoms with van der Waals surface area (Å²) in [6.07, 6.45) is -4.66. The molecule has 1 amide bonds. The molecule has 0 radical (unpaired) electrons. The topological polar surface area (TPSA) is 41.1 Å². The van der Waals surface area contributed by atoms with E-state index < -0.39 is 17.5 Å². The first-order valence-corrected chi connectivity index (χ1v) is 3.94. The Balaban J connectivity index is 0.00000169. The molecule has 7 heteroatoms. The van der Waals surface area contributed by atoms with Gasteiger partial charge < -0.3 is 10.6 Å². The zero-order chi connectivity index (χ0) is 10.1. The zero-order valence-electron chi connectivity index (χ0n) is 7.57. The lowest BCUT2D eigenvalue weighted by atomic mass is 9.85. The summed E-state index contributed by atoms with van der Waals surface area (Å²) in [5, 5.41) is 4.61. The second-order valence-electron chi connectivity index (χ2n) is 3.09. The summed E-state index contributed by atoms with van der Waals surface area (Å²) < 4.78 is 37.7. The SMILES string of the molecule is CNC(=O)C1(C(F)(F)F)CCNC1.Cl. The first kappa shape index (κ1) is 13.5. The van der Waals surface area contributed by atoms with Gasteiger partial charge in [-0.2, -0.15) is 13.2 Å². The normalized spacial score (nSPS) is 26.9. The Morgan fingerprint density at radius 1 is 1.50 bits per heavy atom.